The third-order valence-electron chi connectivity index (χ3n) is 3.58. The molecule has 0 aliphatic heterocycles. The van der Waals surface area contributed by atoms with E-state index in [9.17, 15) is 9.59 Å². The molecule has 1 heterocycles. The van der Waals surface area contributed by atoms with Gasteiger partial charge in [0.25, 0.3) is 5.91 Å². The van der Waals surface area contributed by atoms with Crippen molar-refractivity contribution in [2.75, 3.05) is 25.5 Å². The average molecular weight is 363 g/mol. The number of nitrogens with zero attached hydrogens (tertiary/aromatic N) is 3. The van der Waals surface area contributed by atoms with Gasteiger partial charge in [0, 0.05) is 25.5 Å². The molecule has 7 nitrogen and oxygen atoms in total. The number of amides is 1. The number of methoxy groups -OCH3 is 1. The number of ether oxygens (including phenoxy) is 1. The molecule has 0 aliphatic rings. The van der Waals surface area contributed by atoms with Crippen LogP contribution in [0.2, 0.25) is 5.02 Å². The highest BCUT2D eigenvalue weighted by Gasteiger charge is 2.14. The van der Waals surface area contributed by atoms with Crippen LogP contribution in [0.5, 0.6) is 0 Å². The molecule has 0 spiro atoms. The summed E-state index contributed by atoms with van der Waals surface area (Å²) in [6, 6.07) is 4.69. The number of carbonyl (C=O) groups excluding carboxylic acids is 2. The standard InChI is InChI=1S/C17H19ClN4O3/c1-4-22(5-2)15(23)12-9-19-17(20-10-12)21-14-8-11(16(24)25-3)6-7-13(14)18/h6-10H,4-5H2,1-3H3,(H,19,20,21). The quantitative estimate of drug-likeness (QED) is 0.795. The fourth-order valence-corrected chi connectivity index (χ4v) is 2.35. The third kappa shape index (κ3) is 4.45. The Morgan fingerprint density at radius 1 is 1.16 bits per heavy atom. The molecule has 0 saturated carbocycles. The molecule has 0 bridgehead atoms. The maximum absolute atomic E-state index is 12.2. The molecule has 0 aliphatic carbocycles. The number of hydrogen-bond acceptors (Lipinski definition) is 6. The van der Waals surface area contributed by atoms with E-state index >= 15 is 0 Å². The van der Waals surface area contributed by atoms with Crippen molar-refractivity contribution in [3.05, 3.63) is 46.7 Å². The zero-order valence-corrected chi connectivity index (χ0v) is 15.0. The van der Waals surface area contributed by atoms with Crippen LogP contribution in [0, 0.1) is 0 Å². The lowest BCUT2D eigenvalue weighted by atomic mass is 10.2. The number of hydrogen-bond donors (Lipinski definition) is 1. The van der Waals surface area contributed by atoms with Crippen LogP contribution in [0.25, 0.3) is 0 Å². The first-order valence-corrected chi connectivity index (χ1v) is 8.14. The smallest absolute Gasteiger partial charge is 0.337 e. The number of carbonyl (C=O) groups is 2. The molecule has 2 aromatic rings. The summed E-state index contributed by atoms with van der Waals surface area (Å²) in [5.74, 6) is -0.330. The van der Waals surface area contributed by atoms with Gasteiger partial charge in [-0.3, -0.25) is 4.79 Å². The maximum Gasteiger partial charge on any atom is 0.337 e. The second-order valence-electron chi connectivity index (χ2n) is 5.08. The molecule has 132 valence electrons. The van der Waals surface area contributed by atoms with Crippen molar-refractivity contribution in [3.8, 4) is 0 Å². The second-order valence-corrected chi connectivity index (χ2v) is 5.49. The van der Waals surface area contributed by atoms with Gasteiger partial charge in [0.2, 0.25) is 5.95 Å². The van der Waals surface area contributed by atoms with Gasteiger partial charge >= 0.3 is 5.97 Å². The Bertz CT molecular complexity index is 761. The topological polar surface area (TPSA) is 84.4 Å². The summed E-state index contributed by atoms with van der Waals surface area (Å²) in [4.78, 5) is 33.8. The molecule has 0 radical (unpaired) electrons. The Balaban J connectivity index is 2.19. The molecular formula is C17H19ClN4O3. The minimum atomic E-state index is -0.471. The summed E-state index contributed by atoms with van der Waals surface area (Å²) in [7, 11) is 1.30. The van der Waals surface area contributed by atoms with E-state index in [4.69, 9.17) is 11.6 Å². The highest BCUT2D eigenvalue weighted by Crippen LogP contribution is 2.25. The Kier molecular flexibility index (Phi) is 6.30. The maximum atomic E-state index is 12.2. The van der Waals surface area contributed by atoms with Crippen LogP contribution < -0.4 is 5.32 Å². The molecule has 8 heteroatoms. The highest BCUT2D eigenvalue weighted by molar-refractivity contribution is 6.33. The Morgan fingerprint density at radius 3 is 2.36 bits per heavy atom. The highest BCUT2D eigenvalue weighted by atomic mass is 35.5. The molecule has 1 N–H and O–H groups in total. The van der Waals surface area contributed by atoms with Gasteiger partial charge in [0.1, 0.15) is 0 Å². The van der Waals surface area contributed by atoms with Gasteiger partial charge in [-0.1, -0.05) is 11.6 Å². The molecule has 25 heavy (non-hydrogen) atoms. The lowest BCUT2D eigenvalue weighted by Gasteiger charge is -2.18. The lowest BCUT2D eigenvalue weighted by Crippen LogP contribution is -2.30. The number of rotatable bonds is 6. The molecule has 1 aromatic heterocycles. The van der Waals surface area contributed by atoms with Gasteiger partial charge < -0.3 is 15.0 Å². The summed E-state index contributed by atoms with van der Waals surface area (Å²) in [5, 5.41) is 3.33. The van der Waals surface area contributed by atoms with Gasteiger partial charge in [-0.25, -0.2) is 14.8 Å². The van der Waals surface area contributed by atoms with Crippen LogP contribution >= 0.6 is 11.6 Å². The van der Waals surface area contributed by atoms with Gasteiger partial charge in [-0.15, -0.1) is 0 Å². The zero-order valence-electron chi connectivity index (χ0n) is 14.2. The fraction of sp³-hybridized carbons (Fsp3) is 0.294. The fourth-order valence-electron chi connectivity index (χ4n) is 2.18. The summed E-state index contributed by atoms with van der Waals surface area (Å²) < 4.78 is 4.68. The van der Waals surface area contributed by atoms with Crippen LogP contribution in [0.3, 0.4) is 0 Å². The van der Waals surface area contributed by atoms with E-state index < -0.39 is 5.97 Å². The predicted octanol–water partition coefficient (Wildman–Crippen LogP) is 3.14. The van der Waals surface area contributed by atoms with Crippen LogP contribution in [-0.4, -0.2) is 46.9 Å². The number of anilines is 2. The van der Waals surface area contributed by atoms with Gasteiger partial charge in [-0.05, 0) is 32.0 Å². The van der Waals surface area contributed by atoms with E-state index in [-0.39, 0.29) is 11.9 Å². The lowest BCUT2D eigenvalue weighted by molar-refractivity contribution is 0.0600. The third-order valence-corrected chi connectivity index (χ3v) is 3.91. The Hall–Kier alpha value is -2.67. The molecule has 0 fully saturated rings. The van der Waals surface area contributed by atoms with E-state index in [1.54, 1.807) is 23.1 Å². The van der Waals surface area contributed by atoms with Gasteiger partial charge in [-0.2, -0.15) is 0 Å². The summed E-state index contributed by atoms with van der Waals surface area (Å²) >= 11 is 6.12. The monoisotopic (exact) mass is 362 g/mol. The minimum Gasteiger partial charge on any atom is -0.465 e. The molecule has 1 aromatic carbocycles. The largest absolute Gasteiger partial charge is 0.465 e. The Morgan fingerprint density at radius 2 is 1.80 bits per heavy atom. The van der Waals surface area contributed by atoms with Crippen molar-refractivity contribution >= 4 is 35.1 Å². The van der Waals surface area contributed by atoms with Crippen LogP contribution in [0.15, 0.2) is 30.6 Å². The number of nitrogens with one attached hydrogen (secondary N) is 1. The minimum absolute atomic E-state index is 0.123. The first-order chi connectivity index (χ1) is 12.0. The van der Waals surface area contributed by atoms with Crippen molar-refractivity contribution in [3.63, 3.8) is 0 Å². The van der Waals surface area contributed by atoms with Crippen molar-refractivity contribution in [2.45, 2.75) is 13.8 Å². The van der Waals surface area contributed by atoms with E-state index in [1.165, 1.54) is 19.5 Å². The van der Waals surface area contributed by atoms with Crippen molar-refractivity contribution < 1.29 is 14.3 Å². The predicted molar refractivity (Wildman–Crippen MR) is 95.4 cm³/mol. The van der Waals surface area contributed by atoms with Gasteiger partial charge in [0.05, 0.1) is 28.9 Å². The van der Waals surface area contributed by atoms with E-state index in [1.807, 2.05) is 13.8 Å². The average Bonchev–Trinajstić information content (AvgIpc) is 2.64. The van der Waals surface area contributed by atoms with Crippen molar-refractivity contribution in [2.24, 2.45) is 0 Å². The molecule has 2 rings (SSSR count). The molecule has 0 atom stereocenters. The first-order valence-electron chi connectivity index (χ1n) is 7.76. The summed E-state index contributed by atoms with van der Waals surface area (Å²) in [6.07, 6.45) is 2.90. The van der Waals surface area contributed by atoms with Crippen molar-refractivity contribution in [1.29, 1.82) is 0 Å². The van der Waals surface area contributed by atoms with Crippen LogP contribution in [0.1, 0.15) is 34.6 Å². The summed E-state index contributed by atoms with van der Waals surface area (Å²) in [6.45, 7) is 5.06. The second kappa shape index (κ2) is 8.43. The number of aromatic nitrogens is 2. The van der Waals surface area contributed by atoms with Crippen LogP contribution in [0.4, 0.5) is 11.6 Å². The molecule has 0 saturated heterocycles. The van der Waals surface area contributed by atoms with E-state index in [2.05, 4.69) is 20.0 Å². The number of halogens is 1. The number of benzene rings is 1. The Labute approximate surface area is 151 Å². The SMILES string of the molecule is CCN(CC)C(=O)c1cnc(Nc2cc(C(=O)OC)ccc2Cl)nc1. The normalized spacial score (nSPS) is 10.2. The summed E-state index contributed by atoms with van der Waals surface area (Å²) in [5.41, 5.74) is 1.22. The van der Waals surface area contributed by atoms with Crippen molar-refractivity contribution in [1.82, 2.24) is 14.9 Å². The zero-order chi connectivity index (χ0) is 18.4. The number of esters is 1. The van der Waals surface area contributed by atoms with Crippen LogP contribution in [-0.2, 0) is 4.74 Å². The molecule has 1 amide bonds. The molecule has 0 unspecified atom stereocenters. The van der Waals surface area contributed by atoms with Gasteiger partial charge in [0.15, 0.2) is 0 Å². The first kappa shape index (κ1) is 18.7. The molecular weight excluding hydrogens is 344 g/mol. The van der Waals surface area contributed by atoms with E-state index in [0.29, 0.717) is 34.9 Å². The van der Waals surface area contributed by atoms with E-state index in [0.717, 1.165) is 0 Å².